The Morgan fingerprint density at radius 3 is 2.69 bits per heavy atom. The van der Waals surface area contributed by atoms with E-state index in [1.807, 2.05) is 30.3 Å². The van der Waals surface area contributed by atoms with Gasteiger partial charge in [-0.1, -0.05) is 41.9 Å². The van der Waals surface area contributed by atoms with Crippen molar-refractivity contribution in [2.45, 2.75) is 23.1 Å². The summed E-state index contributed by atoms with van der Waals surface area (Å²) >= 11 is 7.64. The number of carbonyl (C=O) groups excluding carboxylic acids is 2. The molecule has 0 spiro atoms. The lowest BCUT2D eigenvalue weighted by Gasteiger charge is -2.24. The van der Waals surface area contributed by atoms with E-state index in [1.54, 1.807) is 25.1 Å². The quantitative estimate of drug-likeness (QED) is 0.810. The van der Waals surface area contributed by atoms with E-state index in [2.05, 4.69) is 0 Å². The van der Waals surface area contributed by atoms with Crippen LogP contribution >= 0.6 is 23.4 Å². The molecule has 2 N–H and O–H groups in total. The van der Waals surface area contributed by atoms with Crippen molar-refractivity contribution in [2.24, 2.45) is 5.73 Å². The largest absolute Gasteiger partial charge is 0.465 e. The maximum atomic E-state index is 13.1. The second kappa shape index (κ2) is 8.12. The molecule has 0 bridgehead atoms. The molecule has 1 aliphatic rings. The zero-order chi connectivity index (χ0) is 18.7. The number of hydrogen-bond acceptors (Lipinski definition) is 5. The van der Waals surface area contributed by atoms with Gasteiger partial charge in [0.2, 0.25) is 5.91 Å². The minimum absolute atomic E-state index is 0.183. The number of ether oxygens (including phenoxy) is 1. The van der Waals surface area contributed by atoms with E-state index in [1.165, 1.54) is 16.7 Å². The van der Waals surface area contributed by atoms with Crippen LogP contribution in [0.2, 0.25) is 5.02 Å². The van der Waals surface area contributed by atoms with E-state index < -0.39 is 12.0 Å². The molecule has 1 aliphatic heterocycles. The summed E-state index contributed by atoms with van der Waals surface area (Å²) in [5.41, 5.74) is 7.88. The number of benzene rings is 2. The number of carbonyl (C=O) groups is 2. The number of thioether (sulfide) groups is 1. The summed E-state index contributed by atoms with van der Waals surface area (Å²) in [4.78, 5) is 27.3. The average Bonchev–Trinajstić information content (AvgIpc) is 2.73. The molecule has 26 heavy (non-hydrogen) atoms. The number of hydrogen-bond donors (Lipinski definition) is 1. The van der Waals surface area contributed by atoms with Crippen molar-refractivity contribution in [2.75, 3.05) is 18.1 Å². The van der Waals surface area contributed by atoms with Crippen LogP contribution in [0.4, 0.5) is 5.69 Å². The first kappa shape index (κ1) is 18.8. The minimum Gasteiger partial charge on any atom is -0.465 e. The number of nitrogens with zero attached hydrogens (tertiary/aromatic N) is 1. The third-order valence-electron chi connectivity index (χ3n) is 4.06. The number of amides is 1. The Labute approximate surface area is 161 Å². The molecule has 1 heterocycles. The topological polar surface area (TPSA) is 72.6 Å². The highest BCUT2D eigenvalue weighted by atomic mass is 35.5. The van der Waals surface area contributed by atoms with E-state index in [0.29, 0.717) is 10.7 Å². The lowest BCUT2D eigenvalue weighted by Crippen LogP contribution is -2.47. The lowest BCUT2D eigenvalue weighted by molar-refractivity contribution is -0.142. The van der Waals surface area contributed by atoms with Crippen molar-refractivity contribution >= 4 is 40.9 Å². The molecule has 2 atom stereocenters. The fourth-order valence-corrected chi connectivity index (χ4v) is 4.42. The summed E-state index contributed by atoms with van der Waals surface area (Å²) in [5.74, 6) is -0.794. The molecule has 0 saturated carbocycles. The number of anilines is 1. The maximum absolute atomic E-state index is 13.1. The zero-order valence-corrected chi connectivity index (χ0v) is 15.8. The molecule has 0 fully saturated rings. The molecule has 0 unspecified atom stereocenters. The van der Waals surface area contributed by atoms with Gasteiger partial charge in [0, 0.05) is 9.92 Å². The van der Waals surface area contributed by atoms with E-state index in [4.69, 9.17) is 22.1 Å². The predicted octanol–water partition coefficient (Wildman–Crippen LogP) is 3.41. The Balaban J connectivity index is 2.04. The molecule has 0 saturated heterocycles. The van der Waals surface area contributed by atoms with Crippen LogP contribution in [-0.4, -0.2) is 31.1 Å². The molecule has 1 amide bonds. The van der Waals surface area contributed by atoms with Gasteiger partial charge in [-0.25, -0.2) is 0 Å². The Bertz CT molecular complexity index is 816. The number of rotatable bonds is 4. The van der Waals surface area contributed by atoms with Gasteiger partial charge >= 0.3 is 5.97 Å². The number of halogens is 1. The molecule has 2 aromatic rings. The fraction of sp³-hybridized carbons (Fsp3) is 0.263. The molecule has 0 aliphatic carbocycles. The smallest absolute Gasteiger partial charge is 0.326 e. The van der Waals surface area contributed by atoms with Gasteiger partial charge < -0.3 is 10.5 Å². The molecule has 3 rings (SSSR count). The Morgan fingerprint density at radius 2 is 2.00 bits per heavy atom. The van der Waals surface area contributed by atoms with Crippen molar-refractivity contribution < 1.29 is 14.3 Å². The molecular weight excluding hydrogens is 372 g/mol. The summed E-state index contributed by atoms with van der Waals surface area (Å²) in [6.07, 6.45) is 0. The van der Waals surface area contributed by atoms with Gasteiger partial charge in [-0.3, -0.25) is 14.5 Å². The molecular formula is C19H19ClN2O3S. The lowest BCUT2D eigenvalue weighted by atomic mass is 10.0. The number of nitrogens with two attached hydrogens (primary N) is 1. The van der Waals surface area contributed by atoms with Gasteiger partial charge in [0.05, 0.1) is 17.5 Å². The molecule has 7 heteroatoms. The van der Waals surface area contributed by atoms with Crippen LogP contribution in [0.3, 0.4) is 0 Å². The van der Waals surface area contributed by atoms with Gasteiger partial charge in [-0.15, -0.1) is 11.8 Å². The molecule has 0 radical (unpaired) electrons. The first-order valence-corrected chi connectivity index (χ1v) is 9.50. The highest BCUT2D eigenvalue weighted by Gasteiger charge is 2.37. The maximum Gasteiger partial charge on any atom is 0.326 e. The molecule has 0 aromatic heterocycles. The molecule has 136 valence electrons. The van der Waals surface area contributed by atoms with Gasteiger partial charge in [0.25, 0.3) is 0 Å². The second-order valence-corrected chi connectivity index (χ2v) is 7.44. The van der Waals surface area contributed by atoms with Crippen LogP contribution in [-0.2, 0) is 14.3 Å². The van der Waals surface area contributed by atoms with Crippen LogP contribution in [0.15, 0.2) is 53.4 Å². The van der Waals surface area contributed by atoms with Crippen molar-refractivity contribution in [1.82, 2.24) is 0 Å². The molecule has 5 nitrogen and oxygen atoms in total. The van der Waals surface area contributed by atoms with Crippen LogP contribution < -0.4 is 10.6 Å². The third kappa shape index (κ3) is 3.87. The summed E-state index contributed by atoms with van der Waals surface area (Å²) in [7, 11) is 0. The highest BCUT2D eigenvalue weighted by Crippen LogP contribution is 2.45. The summed E-state index contributed by atoms with van der Waals surface area (Å²) < 4.78 is 5.01. The van der Waals surface area contributed by atoms with E-state index in [0.717, 1.165) is 10.5 Å². The van der Waals surface area contributed by atoms with Crippen molar-refractivity contribution in [1.29, 1.82) is 0 Å². The average molecular weight is 391 g/mol. The summed E-state index contributed by atoms with van der Waals surface area (Å²) in [5, 5.41) is 0.273. The first-order chi connectivity index (χ1) is 12.5. The monoisotopic (exact) mass is 390 g/mol. The van der Waals surface area contributed by atoms with Crippen LogP contribution in [0.5, 0.6) is 0 Å². The van der Waals surface area contributed by atoms with Crippen LogP contribution in [0, 0.1) is 0 Å². The minimum atomic E-state index is -0.803. The summed E-state index contributed by atoms with van der Waals surface area (Å²) in [6, 6.07) is 14.0. The Hall–Kier alpha value is -2.02. The zero-order valence-electron chi connectivity index (χ0n) is 14.2. The predicted molar refractivity (Wildman–Crippen MR) is 103 cm³/mol. The first-order valence-electron chi connectivity index (χ1n) is 8.25. The molecule has 2 aromatic carbocycles. The van der Waals surface area contributed by atoms with Crippen molar-refractivity contribution in [3.63, 3.8) is 0 Å². The van der Waals surface area contributed by atoms with E-state index in [9.17, 15) is 9.59 Å². The highest BCUT2D eigenvalue weighted by molar-refractivity contribution is 7.99. The Kier molecular flexibility index (Phi) is 5.86. The van der Waals surface area contributed by atoms with Crippen LogP contribution in [0.25, 0.3) is 0 Å². The van der Waals surface area contributed by atoms with Crippen LogP contribution in [0.1, 0.15) is 17.7 Å². The van der Waals surface area contributed by atoms with E-state index in [-0.39, 0.29) is 24.3 Å². The number of esters is 1. The van der Waals surface area contributed by atoms with E-state index >= 15 is 0 Å². The summed E-state index contributed by atoms with van der Waals surface area (Å²) in [6.45, 7) is 1.79. The third-order valence-corrected chi connectivity index (χ3v) is 5.70. The van der Waals surface area contributed by atoms with Crippen molar-refractivity contribution in [3.05, 3.63) is 59.1 Å². The number of fused-ring (bicyclic) bond motifs is 1. The standard InChI is InChI=1S/C19H19ClN2O3S/c1-2-25-16(23)11-22-14-9-8-13(20)10-15(14)26-18(17(21)19(22)24)12-6-4-3-5-7-12/h3-10,17-18H,2,11,21H2,1H3/t17-,18-/m1/s1. The normalized spacial score (nSPS) is 19.7. The fourth-order valence-electron chi connectivity index (χ4n) is 2.86. The Morgan fingerprint density at radius 1 is 1.27 bits per heavy atom. The second-order valence-electron chi connectivity index (χ2n) is 5.82. The van der Waals surface area contributed by atoms with Gasteiger partial charge in [-0.2, -0.15) is 0 Å². The van der Waals surface area contributed by atoms with Gasteiger partial charge in [-0.05, 0) is 30.7 Å². The van der Waals surface area contributed by atoms with Gasteiger partial charge in [0.1, 0.15) is 12.6 Å². The van der Waals surface area contributed by atoms with Crippen molar-refractivity contribution in [3.8, 4) is 0 Å². The SMILES string of the molecule is CCOC(=O)CN1C(=O)[C@H](N)[C@@H](c2ccccc2)Sc2cc(Cl)ccc21. The van der Waals surface area contributed by atoms with Gasteiger partial charge in [0.15, 0.2) is 0 Å².